The Labute approximate surface area is 256 Å². The van der Waals surface area contributed by atoms with Crippen molar-refractivity contribution in [1.82, 2.24) is 19.5 Å². The van der Waals surface area contributed by atoms with Gasteiger partial charge in [0.2, 0.25) is 0 Å². The number of carbonyl (C=O) groups excluding carboxylic acids is 3. The largest absolute Gasteiger partial charge is 0.519 e. The van der Waals surface area contributed by atoms with Gasteiger partial charge in [-0.2, -0.15) is 14.4 Å². The molecule has 5 rings (SSSR count). The molecule has 1 spiro atoms. The molecule has 15 nitrogen and oxygen atoms in total. The molecule has 3 aromatic heterocycles. The van der Waals surface area contributed by atoms with Crippen LogP contribution >= 0.6 is 0 Å². The average Bonchev–Trinajstić information content (AvgIpc) is 3.46. The minimum Gasteiger partial charge on any atom is -0.463 e. The number of ether oxygens (including phenoxy) is 4. The lowest BCUT2D eigenvalue weighted by Gasteiger charge is -2.53. The van der Waals surface area contributed by atoms with Crippen molar-refractivity contribution in [3.63, 3.8) is 0 Å². The maximum atomic E-state index is 14.4. The third-order valence-corrected chi connectivity index (χ3v) is 8.34. The highest BCUT2D eigenvalue weighted by Gasteiger charge is 2.51. The summed E-state index contributed by atoms with van der Waals surface area (Å²) in [5.74, 6) is -1.88. The van der Waals surface area contributed by atoms with E-state index in [1.807, 2.05) is 0 Å². The SMILES string of the molecule is COC(CCn1cnc2c(NC(=O)OC(C)(C)CC(=O)OCc3oc(=O)oc3C)nc(F)nc21)COC(=O)C1CC2(CCC2)C1. The number of aromatic nitrogens is 4. The van der Waals surface area contributed by atoms with Gasteiger partial charge in [-0.15, -0.1) is 0 Å². The van der Waals surface area contributed by atoms with Gasteiger partial charge in [0.15, 0.2) is 35.1 Å². The molecule has 0 radical (unpaired) electrons. The average molecular weight is 634 g/mol. The van der Waals surface area contributed by atoms with E-state index in [2.05, 4.69) is 20.3 Å². The molecule has 3 aromatic rings. The molecule has 0 saturated heterocycles. The summed E-state index contributed by atoms with van der Waals surface area (Å²) in [6.07, 6.45) is 4.40. The molecular weight excluding hydrogens is 597 g/mol. The number of hydrogen-bond acceptors (Lipinski definition) is 13. The summed E-state index contributed by atoms with van der Waals surface area (Å²) >= 11 is 0. The molecule has 244 valence electrons. The third kappa shape index (κ3) is 7.67. The first-order valence-corrected chi connectivity index (χ1v) is 14.7. The van der Waals surface area contributed by atoms with Crippen LogP contribution in [-0.2, 0) is 41.7 Å². The lowest BCUT2D eigenvalue weighted by atomic mass is 9.52. The number of methoxy groups -OCH3 is 1. The summed E-state index contributed by atoms with van der Waals surface area (Å²) in [6.45, 7) is 4.49. The fourth-order valence-corrected chi connectivity index (χ4v) is 5.71. The van der Waals surface area contributed by atoms with Crippen molar-refractivity contribution >= 4 is 35.0 Å². The normalized spacial score (nSPS) is 16.6. The number of anilines is 1. The van der Waals surface area contributed by atoms with Crippen LogP contribution in [-0.4, -0.2) is 63.0 Å². The van der Waals surface area contributed by atoms with Gasteiger partial charge in [-0.05, 0) is 58.3 Å². The van der Waals surface area contributed by atoms with Gasteiger partial charge < -0.3 is 32.3 Å². The first kappa shape index (κ1) is 32.1. The van der Waals surface area contributed by atoms with Crippen molar-refractivity contribution in [1.29, 1.82) is 0 Å². The van der Waals surface area contributed by atoms with Crippen molar-refractivity contribution in [2.75, 3.05) is 19.0 Å². The van der Waals surface area contributed by atoms with E-state index in [9.17, 15) is 23.6 Å². The minimum atomic E-state index is -1.34. The summed E-state index contributed by atoms with van der Waals surface area (Å²) in [6, 6.07) is 0. The van der Waals surface area contributed by atoms with E-state index in [-0.39, 0.29) is 60.0 Å². The van der Waals surface area contributed by atoms with Gasteiger partial charge in [-0.3, -0.25) is 14.9 Å². The number of halogens is 1. The Balaban J connectivity index is 1.12. The number of esters is 2. The molecule has 1 unspecified atom stereocenters. The number of rotatable bonds is 13. The molecule has 2 fully saturated rings. The maximum absolute atomic E-state index is 14.4. The Morgan fingerprint density at radius 1 is 1.20 bits per heavy atom. The number of nitrogens with zero attached hydrogens (tertiary/aromatic N) is 4. The van der Waals surface area contributed by atoms with E-state index in [0.29, 0.717) is 18.4 Å². The summed E-state index contributed by atoms with van der Waals surface area (Å²) < 4.78 is 46.9. The topological polar surface area (TPSA) is 187 Å². The predicted octanol–water partition coefficient (Wildman–Crippen LogP) is 3.81. The fourth-order valence-electron chi connectivity index (χ4n) is 5.71. The number of carbonyl (C=O) groups is 3. The molecule has 0 aliphatic heterocycles. The van der Waals surface area contributed by atoms with Crippen molar-refractivity contribution in [3.05, 3.63) is 34.5 Å². The van der Waals surface area contributed by atoms with Gasteiger partial charge in [0.25, 0.3) is 0 Å². The van der Waals surface area contributed by atoms with Crippen molar-refractivity contribution < 1.29 is 46.6 Å². The molecule has 1 amide bonds. The van der Waals surface area contributed by atoms with Gasteiger partial charge in [0, 0.05) is 13.7 Å². The molecule has 2 saturated carbocycles. The van der Waals surface area contributed by atoms with Crippen LogP contribution in [0.25, 0.3) is 11.2 Å². The molecule has 1 atom stereocenters. The van der Waals surface area contributed by atoms with Crippen LogP contribution in [0.3, 0.4) is 0 Å². The van der Waals surface area contributed by atoms with Crippen molar-refractivity contribution in [3.8, 4) is 0 Å². The smallest absolute Gasteiger partial charge is 0.463 e. The highest BCUT2D eigenvalue weighted by Crippen LogP contribution is 2.58. The second-order valence-corrected chi connectivity index (χ2v) is 12.2. The Bertz CT molecular complexity index is 1620. The number of aryl methyl sites for hydroxylation is 2. The highest BCUT2D eigenvalue weighted by molar-refractivity contribution is 5.93. The van der Waals surface area contributed by atoms with Gasteiger partial charge in [0.05, 0.1) is 24.8 Å². The van der Waals surface area contributed by atoms with E-state index in [1.165, 1.54) is 53.5 Å². The van der Waals surface area contributed by atoms with Crippen molar-refractivity contribution in [2.24, 2.45) is 11.3 Å². The second kappa shape index (κ2) is 12.9. The molecule has 2 aliphatic carbocycles. The lowest BCUT2D eigenvalue weighted by molar-refractivity contribution is -0.164. The number of nitrogens with one attached hydrogen (secondary N) is 1. The summed E-state index contributed by atoms with van der Waals surface area (Å²) in [5, 5.41) is 2.36. The zero-order valence-electron chi connectivity index (χ0n) is 25.6. The van der Waals surface area contributed by atoms with Gasteiger partial charge >= 0.3 is 29.9 Å². The van der Waals surface area contributed by atoms with Crippen LogP contribution in [0.15, 0.2) is 20.0 Å². The van der Waals surface area contributed by atoms with E-state index < -0.39 is 35.7 Å². The van der Waals surface area contributed by atoms with Crippen LogP contribution in [0.1, 0.15) is 70.3 Å². The van der Waals surface area contributed by atoms with E-state index in [4.69, 9.17) is 27.8 Å². The van der Waals surface area contributed by atoms with Gasteiger partial charge in [-0.1, -0.05) is 6.42 Å². The summed E-state index contributed by atoms with van der Waals surface area (Å²) in [4.78, 5) is 60.3. The van der Waals surface area contributed by atoms with Crippen LogP contribution < -0.4 is 11.1 Å². The first-order chi connectivity index (χ1) is 21.3. The molecule has 1 N–H and O–H groups in total. The summed E-state index contributed by atoms with van der Waals surface area (Å²) in [7, 11) is 1.52. The molecule has 3 heterocycles. The fraction of sp³-hybridized carbons (Fsp3) is 0.621. The molecule has 0 bridgehead atoms. The number of amides is 1. The predicted molar refractivity (Wildman–Crippen MR) is 151 cm³/mol. The number of fused-ring (bicyclic) bond motifs is 1. The number of hydrogen-bond donors (Lipinski definition) is 1. The third-order valence-electron chi connectivity index (χ3n) is 8.34. The highest BCUT2D eigenvalue weighted by atomic mass is 19.1. The summed E-state index contributed by atoms with van der Waals surface area (Å²) in [5.41, 5.74) is -0.735. The Morgan fingerprint density at radius 2 is 1.96 bits per heavy atom. The van der Waals surface area contributed by atoms with Crippen molar-refractivity contribution in [2.45, 2.75) is 90.6 Å². The second-order valence-electron chi connectivity index (χ2n) is 12.2. The van der Waals surface area contributed by atoms with E-state index in [1.54, 1.807) is 4.57 Å². The van der Waals surface area contributed by atoms with E-state index in [0.717, 1.165) is 12.8 Å². The zero-order valence-corrected chi connectivity index (χ0v) is 25.6. The Kier molecular flexibility index (Phi) is 9.23. The molecule has 45 heavy (non-hydrogen) atoms. The molecule has 0 aromatic carbocycles. The lowest BCUT2D eigenvalue weighted by Crippen LogP contribution is -2.46. The zero-order chi connectivity index (χ0) is 32.4. The molecule has 2 aliphatic rings. The maximum Gasteiger partial charge on any atom is 0.519 e. The molecule has 16 heteroatoms. The Morgan fingerprint density at radius 3 is 2.60 bits per heavy atom. The van der Waals surface area contributed by atoms with E-state index >= 15 is 0 Å². The van der Waals surface area contributed by atoms with Crippen LogP contribution in [0.5, 0.6) is 0 Å². The quantitative estimate of drug-likeness (QED) is 0.163. The first-order valence-electron chi connectivity index (χ1n) is 14.7. The van der Waals surface area contributed by atoms with Crippen LogP contribution in [0, 0.1) is 24.3 Å². The van der Waals surface area contributed by atoms with Gasteiger partial charge in [-0.25, -0.2) is 14.6 Å². The monoisotopic (exact) mass is 633 g/mol. The number of imidazole rings is 1. The standard InChI is InChI=1S/C29H36FN5O10/c1-16-19(44-27(39)43-16)14-41-20(36)12-28(2,3)45-26(38)33-22-21-23(34-25(30)32-22)35(15-31-21)9-6-18(40-4)13-42-24(37)17-10-29(11-17)7-5-8-29/h15,17-18H,5-14H2,1-4H3,(H,32,33,34,38). The van der Waals surface area contributed by atoms with Crippen LogP contribution in [0.4, 0.5) is 15.0 Å². The molecular formula is C29H36FN5O10. The van der Waals surface area contributed by atoms with Gasteiger partial charge in [0.1, 0.15) is 12.2 Å². The Hall–Kier alpha value is -4.34. The minimum absolute atomic E-state index is 0.0421. The van der Waals surface area contributed by atoms with Crippen LogP contribution in [0.2, 0.25) is 0 Å².